The highest BCUT2D eigenvalue weighted by Gasteiger charge is 2.43. The fourth-order valence-electron chi connectivity index (χ4n) is 4.59. The minimum absolute atomic E-state index is 0.0461. The molecule has 0 saturated carbocycles. The van der Waals surface area contributed by atoms with Crippen molar-refractivity contribution in [3.05, 3.63) is 53.6 Å². The van der Waals surface area contributed by atoms with Crippen LogP contribution >= 0.6 is 0 Å². The second-order valence-electron chi connectivity index (χ2n) is 8.56. The van der Waals surface area contributed by atoms with Gasteiger partial charge in [-0.05, 0) is 39.2 Å². The monoisotopic (exact) mass is 366 g/mol. The highest BCUT2D eigenvalue weighted by atomic mass is 16.2. The zero-order chi connectivity index (χ0) is 19.0. The second-order valence-corrected chi connectivity index (χ2v) is 8.56. The Balaban J connectivity index is 1.55. The molecule has 1 amide bonds. The standard InChI is InChI=1S/C22H30N4O/c1-17(2)25-13-20-12-23-16-26(20)22(15-25)9-4-10-24(14-22)21(27)11-19-7-5-18(3)6-8-19/h5-8,12,16-17H,4,9-11,13-15H2,1-3H3. The van der Waals surface area contributed by atoms with Crippen molar-refractivity contribution in [3.8, 4) is 0 Å². The fraction of sp³-hybridized carbons (Fsp3) is 0.545. The number of aromatic nitrogens is 2. The quantitative estimate of drug-likeness (QED) is 0.839. The van der Waals surface area contributed by atoms with Gasteiger partial charge in [0.2, 0.25) is 5.91 Å². The minimum atomic E-state index is -0.0461. The van der Waals surface area contributed by atoms with Gasteiger partial charge in [-0.15, -0.1) is 0 Å². The third kappa shape index (κ3) is 3.53. The molecular formula is C22H30N4O. The van der Waals surface area contributed by atoms with Crippen LogP contribution in [0.15, 0.2) is 36.8 Å². The van der Waals surface area contributed by atoms with Crippen molar-refractivity contribution >= 4 is 5.91 Å². The molecule has 1 atom stereocenters. The molecule has 27 heavy (non-hydrogen) atoms. The summed E-state index contributed by atoms with van der Waals surface area (Å²) >= 11 is 0. The van der Waals surface area contributed by atoms with E-state index in [1.807, 2.05) is 12.5 Å². The van der Waals surface area contributed by atoms with Crippen molar-refractivity contribution in [2.24, 2.45) is 0 Å². The molecule has 1 saturated heterocycles. The molecule has 1 aromatic carbocycles. The van der Waals surface area contributed by atoms with E-state index in [9.17, 15) is 4.79 Å². The Hall–Kier alpha value is -2.14. The van der Waals surface area contributed by atoms with Crippen molar-refractivity contribution < 1.29 is 4.79 Å². The molecule has 144 valence electrons. The van der Waals surface area contributed by atoms with Crippen LogP contribution in [-0.4, -0.2) is 50.9 Å². The van der Waals surface area contributed by atoms with Crippen LogP contribution in [-0.2, 0) is 23.3 Å². The zero-order valence-corrected chi connectivity index (χ0v) is 16.7. The molecule has 1 aromatic heterocycles. The maximum absolute atomic E-state index is 13.0. The molecule has 2 aromatic rings. The third-order valence-corrected chi connectivity index (χ3v) is 6.20. The number of fused-ring (bicyclic) bond motifs is 2. The summed E-state index contributed by atoms with van der Waals surface area (Å²) in [6.45, 7) is 10.2. The first-order chi connectivity index (χ1) is 13.0. The van der Waals surface area contributed by atoms with E-state index in [0.29, 0.717) is 12.5 Å². The van der Waals surface area contributed by atoms with Gasteiger partial charge >= 0.3 is 0 Å². The van der Waals surface area contributed by atoms with Crippen LogP contribution < -0.4 is 0 Å². The van der Waals surface area contributed by atoms with Crippen LogP contribution in [0.4, 0.5) is 0 Å². The van der Waals surface area contributed by atoms with Gasteiger partial charge in [-0.2, -0.15) is 0 Å². The van der Waals surface area contributed by atoms with E-state index in [1.54, 1.807) is 0 Å². The average molecular weight is 367 g/mol. The number of hydrogen-bond donors (Lipinski definition) is 0. The molecule has 0 aliphatic carbocycles. The Bertz CT molecular complexity index is 810. The topological polar surface area (TPSA) is 41.4 Å². The first-order valence-corrected chi connectivity index (χ1v) is 10.1. The summed E-state index contributed by atoms with van der Waals surface area (Å²) in [5.41, 5.74) is 3.55. The number of nitrogens with zero attached hydrogens (tertiary/aromatic N) is 4. The summed E-state index contributed by atoms with van der Waals surface area (Å²) in [5.74, 6) is 0.237. The normalized spacial score (nSPS) is 23.0. The number of carbonyl (C=O) groups excluding carboxylic acids is 1. The van der Waals surface area contributed by atoms with Crippen LogP contribution in [0.5, 0.6) is 0 Å². The number of benzene rings is 1. The lowest BCUT2D eigenvalue weighted by Crippen LogP contribution is -2.60. The first-order valence-electron chi connectivity index (χ1n) is 10.1. The molecule has 2 aliphatic rings. The van der Waals surface area contributed by atoms with E-state index in [1.165, 1.54) is 11.3 Å². The summed E-state index contributed by atoms with van der Waals surface area (Å²) in [5, 5.41) is 0. The largest absolute Gasteiger partial charge is 0.340 e. The van der Waals surface area contributed by atoms with Crippen LogP contribution in [0.25, 0.3) is 0 Å². The SMILES string of the molecule is Cc1ccc(CC(=O)N2CCCC3(C2)CN(C(C)C)Cc2cncn23)cc1. The van der Waals surface area contributed by atoms with Crippen LogP contribution in [0.1, 0.15) is 43.5 Å². The van der Waals surface area contributed by atoms with Crippen LogP contribution in [0.3, 0.4) is 0 Å². The fourth-order valence-corrected chi connectivity index (χ4v) is 4.59. The van der Waals surface area contributed by atoms with Gasteiger partial charge < -0.3 is 9.47 Å². The lowest BCUT2D eigenvalue weighted by molar-refractivity contribution is -0.134. The molecule has 1 unspecified atom stereocenters. The summed E-state index contributed by atoms with van der Waals surface area (Å²) in [6, 6.07) is 8.80. The summed E-state index contributed by atoms with van der Waals surface area (Å²) in [6.07, 6.45) is 6.60. The number of piperidine rings is 1. The van der Waals surface area contributed by atoms with Crippen molar-refractivity contribution in [3.63, 3.8) is 0 Å². The average Bonchev–Trinajstić information content (AvgIpc) is 3.13. The van der Waals surface area contributed by atoms with Gasteiger partial charge in [-0.25, -0.2) is 4.98 Å². The molecule has 0 N–H and O–H groups in total. The van der Waals surface area contributed by atoms with Crippen molar-refractivity contribution in [2.45, 2.75) is 58.2 Å². The van der Waals surface area contributed by atoms with Crippen molar-refractivity contribution in [2.75, 3.05) is 19.6 Å². The molecule has 1 spiro atoms. The lowest BCUT2D eigenvalue weighted by Gasteiger charge is -2.50. The molecule has 0 bridgehead atoms. The van der Waals surface area contributed by atoms with E-state index < -0.39 is 0 Å². The van der Waals surface area contributed by atoms with Crippen LogP contribution in [0, 0.1) is 6.92 Å². The van der Waals surface area contributed by atoms with E-state index >= 15 is 0 Å². The number of aryl methyl sites for hydroxylation is 1. The van der Waals surface area contributed by atoms with E-state index in [0.717, 1.165) is 44.6 Å². The summed E-state index contributed by atoms with van der Waals surface area (Å²) in [7, 11) is 0. The van der Waals surface area contributed by atoms with Crippen molar-refractivity contribution in [1.82, 2.24) is 19.4 Å². The molecular weight excluding hydrogens is 336 g/mol. The number of rotatable bonds is 3. The molecule has 2 aliphatic heterocycles. The Labute approximate surface area is 162 Å². The molecule has 5 heteroatoms. The van der Waals surface area contributed by atoms with E-state index in [4.69, 9.17) is 0 Å². The maximum Gasteiger partial charge on any atom is 0.227 e. The van der Waals surface area contributed by atoms with Gasteiger partial charge in [0.15, 0.2) is 0 Å². The molecule has 0 radical (unpaired) electrons. The number of carbonyl (C=O) groups is 1. The van der Waals surface area contributed by atoms with Gasteiger partial charge in [-0.3, -0.25) is 9.69 Å². The van der Waals surface area contributed by atoms with Crippen LogP contribution in [0.2, 0.25) is 0 Å². The molecule has 5 nitrogen and oxygen atoms in total. The summed E-state index contributed by atoms with van der Waals surface area (Å²) in [4.78, 5) is 22.1. The highest BCUT2D eigenvalue weighted by molar-refractivity contribution is 5.79. The maximum atomic E-state index is 13.0. The zero-order valence-electron chi connectivity index (χ0n) is 16.7. The molecule has 3 heterocycles. The Kier molecular flexibility index (Phi) is 4.81. The molecule has 1 fully saturated rings. The predicted octanol–water partition coefficient (Wildman–Crippen LogP) is 2.98. The molecule has 4 rings (SSSR count). The van der Waals surface area contributed by atoms with Gasteiger partial charge in [0.25, 0.3) is 0 Å². The highest BCUT2D eigenvalue weighted by Crippen LogP contribution is 2.35. The Morgan fingerprint density at radius 3 is 2.74 bits per heavy atom. The Morgan fingerprint density at radius 1 is 1.22 bits per heavy atom. The van der Waals surface area contributed by atoms with Gasteiger partial charge in [0, 0.05) is 38.4 Å². The predicted molar refractivity (Wildman–Crippen MR) is 106 cm³/mol. The number of amides is 1. The smallest absolute Gasteiger partial charge is 0.227 e. The lowest BCUT2D eigenvalue weighted by atomic mass is 9.85. The number of imidazole rings is 1. The second kappa shape index (κ2) is 7.12. The Morgan fingerprint density at radius 2 is 2.00 bits per heavy atom. The van der Waals surface area contributed by atoms with E-state index in [2.05, 4.69) is 64.4 Å². The van der Waals surface area contributed by atoms with E-state index in [-0.39, 0.29) is 11.4 Å². The first kappa shape index (κ1) is 18.2. The number of likely N-dealkylation sites (tertiary alicyclic amines) is 1. The minimum Gasteiger partial charge on any atom is -0.340 e. The van der Waals surface area contributed by atoms with Gasteiger partial charge in [0.05, 0.1) is 24.0 Å². The van der Waals surface area contributed by atoms with Gasteiger partial charge in [0.1, 0.15) is 0 Å². The van der Waals surface area contributed by atoms with Gasteiger partial charge in [-0.1, -0.05) is 29.8 Å². The summed E-state index contributed by atoms with van der Waals surface area (Å²) < 4.78 is 2.36. The third-order valence-electron chi connectivity index (χ3n) is 6.20. The van der Waals surface area contributed by atoms with Crippen molar-refractivity contribution in [1.29, 1.82) is 0 Å². The number of hydrogen-bond acceptors (Lipinski definition) is 3.